The molecule has 23 heavy (non-hydrogen) atoms. The highest BCUT2D eigenvalue weighted by molar-refractivity contribution is 6.06. The van der Waals surface area contributed by atoms with Crippen LogP contribution in [0.4, 0.5) is 4.79 Å². The van der Waals surface area contributed by atoms with Gasteiger partial charge in [-0.1, -0.05) is 6.07 Å². The standard InChI is InChI=1S/C17H24N4O2/c1-17(15(22)20(2)16(23)19-17)13-6-5-10-21(12-13)11-8-14-7-3-4-9-18-14/h3-4,7,9,13H,5-6,8,10-12H2,1-2H3,(H,19,23)/t13-,17+/m1/s1. The summed E-state index contributed by atoms with van der Waals surface area (Å²) in [5, 5.41) is 2.89. The minimum Gasteiger partial charge on any atom is -0.323 e. The van der Waals surface area contributed by atoms with Crippen LogP contribution >= 0.6 is 0 Å². The van der Waals surface area contributed by atoms with Gasteiger partial charge in [0.25, 0.3) is 5.91 Å². The van der Waals surface area contributed by atoms with Crippen LogP contribution in [0, 0.1) is 5.92 Å². The Labute approximate surface area is 136 Å². The second-order valence-corrected chi connectivity index (χ2v) is 6.71. The van der Waals surface area contributed by atoms with Gasteiger partial charge in [-0.15, -0.1) is 0 Å². The number of piperidine rings is 1. The van der Waals surface area contributed by atoms with Crippen molar-refractivity contribution < 1.29 is 9.59 Å². The predicted octanol–water partition coefficient (Wildman–Crippen LogP) is 1.28. The van der Waals surface area contributed by atoms with Gasteiger partial charge in [0.15, 0.2) is 0 Å². The number of likely N-dealkylation sites (tertiary alicyclic amines) is 1. The third-order valence-corrected chi connectivity index (χ3v) is 5.15. The van der Waals surface area contributed by atoms with E-state index in [1.54, 1.807) is 7.05 Å². The van der Waals surface area contributed by atoms with Crippen molar-refractivity contribution in [2.24, 2.45) is 5.92 Å². The number of hydrogen-bond donors (Lipinski definition) is 1. The van der Waals surface area contributed by atoms with Crippen molar-refractivity contribution in [1.82, 2.24) is 20.1 Å². The van der Waals surface area contributed by atoms with Crippen molar-refractivity contribution in [1.29, 1.82) is 0 Å². The van der Waals surface area contributed by atoms with Gasteiger partial charge in [-0.2, -0.15) is 0 Å². The minimum atomic E-state index is -0.768. The lowest BCUT2D eigenvalue weighted by Gasteiger charge is -2.39. The lowest BCUT2D eigenvalue weighted by atomic mass is 9.80. The number of hydrogen-bond acceptors (Lipinski definition) is 4. The number of aromatic nitrogens is 1. The number of amides is 3. The Hall–Kier alpha value is -1.95. The number of nitrogens with zero attached hydrogens (tertiary/aromatic N) is 3. The molecule has 0 radical (unpaired) electrons. The Kier molecular flexibility index (Phi) is 4.35. The number of imide groups is 1. The highest BCUT2D eigenvalue weighted by Crippen LogP contribution is 2.31. The van der Waals surface area contributed by atoms with Crippen LogP contribution in [0.5, 0.6) is 0 Å². The summed E-state index contributed by atoms with van der Waals surface area (Å²) in [5.74, 6) is 0.0421. The lowest BCUT2D eigenvalue weighted by Crippen LogP contribution is -2.55. The Morgan fingerprint density at radius 3 is 2.87 bits per heavy atom. The van der Waals surface area contributed by atoms with Crippen LogP contribution < -0.4 is 5.32 Å². The summed E-state index contributed by atoms with van der Waals surface area (Å²) in [6.07, 6.45) is 4.74. The number of rotatable bonds is 4. The number of nitrogens with one attached hydrogen (secondary N) is 1. The van der Waals surface area contributed by atoms with E-state index in [4.69, 9.17) is 0 Å². The number of pyridine rings is 1. The normalized spacial score (nSPS) is 29.0. The highest BCUT2D eigenvalue weighted by atomic mass is 16.2. The zero-order valence-electron chi connectivity index (χ0n) is 13.8. The Bertz CT molecular complexity index is 592. The van der Waals surface area contributed by atoms with E-state index in [-0.39, 0.29) is 17.9 Å². The van der Waals surface area contributed by atoms with Crippen molar-refractivity contribution in [2.45, 2.75) is 31.7 Å². The summed E-state index contributed by atoms with van der Waals surface area (Å²) in [7, 11) is 1.55. The fourth-order valence-corrected chi connectivity index (χ4v) is 3.63. The Morgan fingerprint density at radius 1 is 1.39 bits per heavy atom. The van der Waals surface area contributed by atoms with E-state index in [1.165, 1.54) is 4.90 Å². The first-order valence-corrected chi connectivity index (χ1v) is 8.23. The molecule has 0 aromatic carbocycles. The van der Waals surface area contributed by atoms with Crippen LogP contribution in [0.3, 0.4) is 0 Å². The second kappa shape index (κ2) is 6.28. The van der Waals surface area contributed by atoms with E-state index in [2.05, 4.69) is 15.2 Å². The summed E-state index contributed by atoms with van der Waals surface area (Å²) in [4.78, 5) is 32.2. The molecule has 6 nitrogen and oxygen atoms in total. The maximum Gasteiger partial charge on any atom is 0.324 e. The molecule has 0 bridgehead atoms. The molecule has 2 aliphatic heterocycles. The fraction of sp³-hybridized carbons (Fsp3) is 0.588. The first-order valence-electron chi connectivity index (χ1n) is 8.23. The van der Waals surface area contributed by atoms with Crippen LogP contribution in [0.15, 0.2) is 24.4 Å². The van der Waals surface area contributed by atoms with Gasteiger partial charge < -0.3 is 10.2 Å². The second-order valence-electron chi connectivity index (χ2n) is 6.71. The molecule has 2 saturated heterocycles. The first kappa shape index (κ1) is 15.9. The molecule has 124 valence electrons. The number of carbonyl (C=O) groups is 2. The zero-order valence-corrected chi connectivity index (χ0v) is 13.8. The van der Waals surface area contributed by atoms with Crippen molar-refractivity contribution in [2.75, 3.05) is 26.7 Å². The van der Waals surface area contributed by atoms with Gasteiger partial charge in [-0.3, -0.25) is 14.7 Å². The molecule has 0 saturated carbocycles. The molecule has 6 heteroatoms. The highest BCUT2D eigenvalue weighted by Gasteiger charge is 2.51. The molecule has 1 N–H and O–H groups in total. The number of carbonyl (C=O) groups excluding carboxylic acids is 2. The third-order valence-electron chi connectivity index (χ3n) is 5.15. The predicted molar refractivity (Wildman–Crippen MR) is 86.8 cm³/mol. The van der Waals surface area contributed by atoms with Gasteiger partial charge in [0.2, 0.25) is 0 Å². The van der Waals surface area contributed by atoms with E-state index in [9.17, 15) is 9.59 Å². The van der Waals surface area contributed by atoms with Crippen LogP contribution in [-0.2, 0) is 11.2 Å². The van der Waals surface area contributed by atoms with Gasteiger partial charge in [-0.25, -0.2) is 4.79 Å². The average Bonchev–Trinajstić information content (AvgIpc) is 2.78. The summed E-state index contributed by atoms with van der Waals surface area (Å²) in [5.41, 5.74) is 0.320. The largest absolute Gasteiger partial charge is 0.324 e. The lowest BCUT2D eigenvalue weighted by molar-refractivity contribution is -0.132. The first-order chi connectivity index (χ1) is 11.0. The van der Waals surface area contributed by atoms with Crippen LogP contribution in [0.25, 0.3) is 0 Å². The Morgan fingerprint density at radius 2 is 2.22 bits per heavy atom. The van der Waals surface area contributed by atoms with E-state index < -0.39 is 5.54 Å². The monoisotopic (exact) mass is 316 g/mol. The summed E-state index contributed by atoms with van der Waals surface area (Å²) in [6, 6.07) is 5.68. The van der Waals surface area contributed by atoms with E-state index >= 15 is 0 Å². The molecule has 0 aliphatic carbocycles. The fourth-order valence-electron chi connectivity index (χ4n) is 3.63. The van der Waals surface area contributed by atoms with E-state index in [0.29, 0.717) is 0 Å². The van der Waals surface area contributed by atoms with Crippen LogP contribution in [-0.4, -0.2) is 58.9 Å². The summed E-state index contributed by atoms with van der Waals surface area (Å²) in [6.45, 7) is 4.67. The van der Waals surface area contributed by atoms with Gasteiger partial charge in [0, 0.05) is 44.4 Å². The van der Waals surface area contributed by atoms with Gasteiger partial charge >= 0.3 is 6.03 Å². The Balaban J connectivity index is 1.62. The molecule has 3 heterocycles. The molecule has 3 amide bonds. The molecule has 1 aromatic heterocycles. The number of urea groups is 1. The minimum absolute atomic E-state index is 0.112. The molecule has 0 unspecified atom stereocenters. The quantitative estimate of drug-likeness (QED) is 0.850. The van der Waals surface area contributed by atoms with Crippen molar-refractivity contribution in [3.8, 4) is 0 Å². The zero-order chi connectivity index (χ0) is 16.4. The maximum absolute atomic E-state index is 12.4. The van der Waals surface area contributed by atoms with Gasteiger partial charge in [0.05, 0.1) is 0 Å². The van der Waals surface area contributed by atoms with Crippen molar-refractivity contribution >= 4 is 11.9 Å². The molecule has 2 aliphatic rings. The molecular formula is C17H24N4O2. The maximum atomic E-state index is 12.4. The van der Waals surface area contributed by atoms with Crippen LogP contribution in [0.1, 0.15) is 25.5 Å². The smallest absolute Gasteiger partial charge is 0.323 e. The molecule has 2 fully saturated rings. The summed E-state index contributed by atoms with van der Waals surface area (Å²) >= 11 is 0. The summed E-state index contributed by atoms with van der Waals surface area (Å²) < 4.78 is 0. The third kappa shape index (κ3) is 3.08. The van der Waals surface area contributed by atoms with Crippen LogP contribution in [0.2, 0.25) is 0 Å². The van der Waals surface area contributed by atoms with Gasteiger partial charge in [-0.05, 0) is 38.4 Å². The SMILES string of the molecule is CN1C(=O)N[C@@](C)([C@@H]2CCCN(CCc3ccccn3)C2)C1=O. The van der Waals surface area contributed by atoms with Gasteiger partial charge in [0.1, 0.15) is 5.54 Å². The van der Waals surface area contributed by atoms with Crippen molar-refractivity contribution in [3.63, 3.8) is 0 Å². The number of likely N-dealkylation sites (N-methyl/N-ethyl adjacent to an activating group) is 1. The molecule has 3 rings (SSSR count). The average molecular weight is 316 g/mol. The van der Waals surface area contributed by atoms with E-state index in [1.807, 2.05) is 31.3 Å². The van der Waals surface area contributed by atoms with E-state index in [0.717, 1.165) is 44.6 Å². The molecule has 2 atom stereocenters. The molecular weight excluding hydrogens is 292 g/mol. The van der Waals surface area contributed by atoms with Crippen molar-refractivity contribution in [3.05, 3.63) is 30.1 Å². The topological polar surface area (TPSA) is 65.5 Å². The molecule has 0 spiro atoms. The molecule has 1 aromatic rings.